The Morgan fingerprint density at radius 2 is 1.88 bits per heavy atom. The Balaban J connectivity index is 1.81. The van der Waals surface area contributed by atoms with Crippen molar-refractivity contribution in [2.45, 2.75) is 38.1 Å². The number of methoxy groups -OCH3 is 1. The van der Waals surface area contributed by atoms with Gasteiger partial charge in [-0.1, -0.05) is 6.92 Å². The van der Waals surface area contributed by atoms with Gasteiger partial charge < -0.3 is 24.3 Å². The summed E-state index contributed by atoms with van der Waals surface area (Å²) in [6.45, 7) is 5.05. The molecule has 0 saturated carbocycles. The van der Waals surface area contributed by atoms with Gasteiger partial charge in [-0.3, -0.25) is 4.79 Å². The van der Waals surface area contributed by atoms with Crippen LogP contribution in [0.3, 0.4) is 0 Å². The molecule has 0 spiro atoms. The maximum Gasteiger partial charge on any atom is 0.356 e. The first-order valence-electron chi connectivity index (χ1n) is 12.2. The number of amides is 1. The molecule has 3 N–H and O–H groups in total. The first-order chi connectivity index (χ1) is 19.0. The summed E-state index contributed by atoms with van der Waals surface area (Å²) in [5, 5.41) is 16.5. The summed E-state index contributed by atoms with van der Waals surface area (Å²) in [7, 11) is -2.64. The van der Waals surface area contributed by atoms with Crippen molar-refractivity contribution in [2.24, 2.45) is 0 Å². The predicted molar refractivity (Wildman–Crippen MR) is 145 cm³/mol. The molecule has 2 aromatic heterocycles. The Kier molecular flexibility index (Phi) is 8.26. The van der Waals surface area contributed by atoms with Crippen molar-refractivity contribution in [1.82, 2.24) is 14.5 Å². The average molecular weight is 569 g/mol. The molecule has 4 rings (SSSR count). The number of carboxylic acid groups (broad SMARTS) is 1. The number of nitrogens with zero attached hydrogens (tertiary/aromatic N) is 2. The number of aromatic carboxylic acids is 1. The van der Waals surface area contributed by atoms with Crippen LogP contribution in [0.4, 0.5) is 5.69 Å². The Morgan fingerprint density at radius 3 is 2.48 bits per heavy atom. The van der Waals surface area contributed by atoms with Gasteiger partial charge in [0.15, 0.2) is 11.5 Å². The number of carbonyl (C=O) groups is 2. The quantitative estimate of drug-likeness (QED) is 0.235. The van der Waals surface area contributed by atoms with E-state index in [0.717, 1.165) is 0 Å². The van der Waals surface area contributed by atoms with Crippen molar-refractivity contribution < 1.29 is 37.0 Å². The van der Waals surface area contributed by atoms with Crippen LogP contribution in [0.2, 0.25) is 0 Å². The van der Waals surface area contributed by atoms with E-state index in [4.69, 9.17) is 13.9 Å². The molecule has 12 nitrogen and oxygen atoms in total. The number of hydrogen-bond acceptors (Lipinski definition) is 8. The molecular formula is C27H28N4O8S. The zero-order valence-corrected chi connectivity index (χ0v) is 23.0. The van der Waals surface area contributed by atoms with Crippen LogP contribution in [0.5, 0.6) is 17.4 Å². The zero-order chi connectivity index (χ0) is 29.0. The van der Waals surface area contributed by atoms with Crippen LogP contribution in [0.1, 0.15) is 46.9 Å². The van der Waals surface area contributed by atoms with E-state index in [0.29, 0.717) is 17.9 Å². The molecule has 0 fully saturated rings. The summed E-state index contributed by atoms with van der Waals surface area (Å²) in [6, 6.07) is 13.3. The van der Waals surface area contributed by atoms with Gasteiger partial charge in [-0.05, 0) is 74.9 Å². The molecule has 4 aromatic rings. The number of nitrogens with one attached hydrogen (secondary N) is 2. The van der Waals surface area contributed by atoms with E-state index in [-0.39, 0.29) is 39.2 Å². The summed E-state index contributed by atoms with van der Waals surface area (Å²) in [5.74, 6) is -1.35. The average Bonchev–Trinajstić information content (AvgIpc) is 3.58. The Hall–Kier alpha value is -4.62. The molecular weight excluding hydrogens is 540 g/mol. The molecule has 2 heterocycles. The van der Waals surface area contributed by atoms with Gasteiger partial charge in [0.2, 0.25) is 15.9 Å². The van der Waals surface area contributed by atoms with Gasteiger partial charge in [-0.2, -0.15) is 9.78 Å². The van der Waals surface area contributed by atoms with E-state index < -0.39 is 27.9 Å². The van der Waals surface area contributed by atoms with E-state index >= 15 is 0 Å². The van der Waals surface area contributed by atoms with Gasteiger partial charge in [0.05, 0.1) is 19.1 Å². The third kappa shape index (κ3) is 6.00. The normalized spacial score (nSPS) is 12.1. The van der Waals surface area contributed by atoms with Crippen LogP contribution in [0.25, 0.3) is 5.69 Å². The number of anilines is 1. The monoisotopic (exact) mass is 568 g/mol. The number of carboxylic acids is 1. The highest BCUT2D eigenvalue weighted by molar-refractivity contribution is 7.89. The number of carbonyl (C=O) groups excluding carboxylic acids is 1. The number of ether oxygens (including phenoxy) is 2. The SMILES string of the molecule is CC[C@@H](C)NS(=O)(=O)c1cc(NC(=O)c2ccco2)ccc1Oc1c(C)c(C(=O)O)nn1-c1ccc(OC)cc1. The second kappa shape index (κ2) is 11.6. The molecule has 0 aliphatic rings. The number of aromatic nitrogens is 2. The van der Waals surface area contributed by atoms with Crippen molar-refractivity contribution in [2.75, 3.05) is 12.4 Å². The number of sulfonamides is 1. The van der Waals surface area contributed by atoms with Crippen molar-refractivity contribution in [3.8, 4) is 23.1 Å². The summed E-state index contributed by atoms with van der Waals surface area (Å²) < 4.78 is 47.2. The van der Waals surface area contributed by atoms with Gasteiger partial charge in [0.1, 0.15) is 16.4 Å². The van der Waals surface area contributed by atoms with Crippen LogP contribution < -0.4 is 19.5 Å². The van der Waals surface area contributed by atoms with E-state index in [9.17, 15) is 23.1 Å². The van der Waals surface area contributed by atoms with Gasteiger partial charge in [0.25, 0.3) is 5.91 Å². The standard InChI is InChI=1S/C27H28N4O8S/c1-5-16(2)30-40(35,36)23-15-18(28-25(32)22-7-6-14-38-22)8-13-21(23)39-26-17(3)24(27(33)34)29-31(26)19-9-11-20(37-4)12-10-19/h6-16,30H,5H2,1-4H3,(H,28,32)(H,33,34)/t16-/m1/s1. The minimum atomic E-state index is -4.16. The fourth-order valence-electron chi connectivity index (χ4n) is 3.70. The Morgan fingerprint density at radius 1 is 1.15 bits per heavy atom. The van der Waals surface area contributed by atoms with Gasteiger partial charge >= 0.3 is 5.97 Å². The zero-order valence-electron chi connectivity index (χ0n) is 22.2. The number of benzene rings is 2. The lowest BCUT2D eigenvalue weighted by Gasteiger charge is -2.17. The topological polar surface area (TPSA) is 162 Å². The summed E-state index contributed by atoms with van der Waals surface area (Å²) in [5.41, 5.74) is 0.535. The predicted octanol–water partition coefficient (Wildman–Crippen LogP) is 4.60. The smallest absolute Gasteiger partial charge is 0.356 e. The third-order valence-electron chi connectivity index (χ3n) is 6.00. The molecule has 40 heavy (non-hydrogen) atoms. The Labute approximate surface area is 230 Å². The van der Waals surface area contributed by atoms with Crippen molar-refractivity contribution >= 4 is 27.6 Å². The lowest BCUT2D eigenvalue weighted by Crippen LogP contribution is -2.32. The molecule has 210 valence electrons. The maximum atomic E-state index is 13.5. The molecule has 13 heteroatoms. The van der Waals surface area contributed by atoms with Crippen molar-refractivity contribution in [3.05, 3.63) is 77.9 Å². The van der Waals surface area contributed by atoms with Crippen LogP contribution in [-0.4, -0.2) is 48.3 Å². The Bertz CT molecular complexity index is 1630. The number of hydrogen-bond donors (Lipinski definition) is 3. The second-order valence-electron chi connectivity index (χ2n) is 8.82. The minimum Gasteiger partial charge on any atom is -0.497 e. The molecule has 0 bridgehead atoms. The molecule has 1 amide bonds. The number of furan rings is 1. The van der Waals surface area contributed by atoms with Crippen LogP contribution in [-0.2, 0) is 10.0 Å². The van der Waals surface area contributed by atoms with Crippen LogP contribution in [0, 0.1) is 6.92 Å². The van der Waals surface area contributed by atoms with Crippen molar-refractivity contribution in [3.63, 3.8) is 0 Å². The molecule has 0 aliphatic carbocycles. The fraction of sp³-hybridized carbons (Fsp3) is 0.222. The van der Waals surface area contributed by atoms with Crippen LogP contribution >= 0.6 is 0 Å². The molecule has 0 aliphatic heterocycles. The van der Waals surface area contributed by atoms with E-state index in [1.165, 1.54) is 49.2 Å². The number of rotatable bonds is 11. The van der Waals surface area contributed by atoms with E-state index in [2.05, 4.69) is 15.1 Å². The molecule has 2 aromatic carbocycles. The molecule has 1 atom stereocenters. The maximum absolute atomic E-state index is 13.5. The molecule has 0 radical (unpaired) electrons. The van der Waals surface area contributed by atoms with E-state index in [1.54, 1.807) is 37.3 Å². The fourth-order valence-corrected chi connectivity index (χ4v) is 5.18. The largest absolute Gasteiger partial charge is 0.497 e. The highest BCUT2D eigenvalue weighted by atomic mass is 32.2. The highest BCUT2D eigenvalue weighted by Gasteiger charge is 2.27. The summed E-state index contributed by atoms with van der Waals surface area (Å²) >= 11 is 0. The third-order valence-corrected chi connectivity index (χ3v) is 7.61. The summed E-state index contributed by atoms with van der Waals surface area (Å²) in [6.07, 6.45) is 1.87. The lowest BCUT2D eigenvalue weighted by molar-refractivity contribution is 0.0689. The molecule has 0 unspecified atom stereocenters. The van der Waals surface area contributed by atoms with Crippen molar-refractivity contribution in [1.29, 1.82) is 0 Å². The summed E-state index contributed by atoms with van der Waals surface area (Å²) in [4.78, 5) is 24.1. The second-order valence-corrected chi connectivity index (χ2v) is 10.5. The first kappa shape index (κ1) is 28.4. The first-order valence-corrected chi connectivity index (χ1v) is 13.7. The highest BCUT2D eigenvalue weighted by Crippen LogP contribution is 2.35. The van der Waals surface area contributed by atoms with Gasteiger partial charge in [-0.15, -0.1) is 0 Å². The van der Waals surface area contributed by atoms with Gasteiger partial charge in [0, 0.05) is 17.3 Å². The minimum absolute atomic E-state index is 0.00470. The lowest BCUT2D eigenvalue weighted by atomic mass is 10.2. The molecule has 0 saturated heterocycles. The van der Waals surface area contributed by atoms with Crippen LogP contribution in [0.15, 0.2) is 70.2 Å². The van der Waals surface area contributed by atoms with E-state index in [1.807, 2.05) is 6.92 Å². The van der Waals surface area contributed by atoms with Gasteiger partial charge in [-0.25, -0.2) is 17.9 Å².